The lowest BCUT2D eigenvalue weighted by Crippen LogP contribution is -2.27. The first-order valence-electron chi connectivity index (χ1n) is 11.8. The van der Waals surface area contributed by atoms with Crippen molar-refractivity contribution in [2.75, 3.05) is 5.32 Å². The predicted octanol–water partition coefficient (Wildman–Crippen LogP) is 5.14. The van der Waals surface area contributed by atoms with Crippen LogP contribution >= 0.6 is 0 Å². The number of halogens is 1. The molecule has 0 radical (unpaired) electrons. The van der Waals surface area contributed by atoms with Crippen LogP contribution in [-0.2, 0) is 4.79 Å². The highest BCUT2D eigenvalue weighted by Gasteiger charge is 2.23. The van der Waals surface area contributed by atoms with Gasteiger partial charge in [-0.25, -0.2) is 19.3 Å². The van der Waals surface area contributed by atoms with Crippen LogP contribution in [0.2, 0.25) is 0 Å². The van der Waals surface area contributed by atoms with Gasteiger partial charge in [-0.2, -0.15) is 5.10 Å². The van der Waals surface area contributed by atoms with Crippen molar-refractivity contribution in [2.24, 2.45) is 5.41 Å². The summed E-state index contributed by atoms with van der Waals surface area (Å²) in [6.07, 6.45) is 9.54. The smallest absolute Gasteiger partial charge is 0.229 e. The number of carbonyl (C=O) groups excluding carboxylic acids is 1. The van der Waals surface area contributed by atoms with Gasteiger partial charge in [0.15, 0.2) is 17.1 Å². The molecule has 10 nitrogen and oxygen atoms in total. The molecule has 0 aliphatic heterocycles. The first-order chi connectivity index (χ1) is 18.3. The van der Waals surface area contributed by atoms with Crippen molar-refractivity contribution in [3.8, 4) is 33.8 Å². The highest BCUT2D eigenvalue weighted by molar-refractivity contribution is 5.97. The number of amides is 1. The minimum Gasteiger partial charge on any atom is -0.324 e. The van der Waals surface area contributed by atoms with Gasteiger partial charge in [0.2, 0.25) is 5.91 Å². The quantitative estimate of drug-likeness (QED) is 0.300. The van der Waals surface area contributed by atoms with Gasteiger partial charge in [-0.1, -0.05) is 20.8 Å². The first-order valence-corrected chi connectivity index (χ1v) is 11.8. The SMILES string of the molecule is CC(C)(C)C(=O)Nc1cncc(-c2cnc3[nH]nc(-c4nc5c(-c6ccncc6)ccnc5[nH]4)c3c2F)c1. The van der Waals surface area contributed by atoms with Gasteiger partial charge >= 0.3 is 0 Å². The molecule has 6 aromatic heterocycles. The highest BCUT2D eigenvalue weighted by Crippen LogP contribution is 2.34. The third kappa shape index (κ3) is 4.03. The van der Waals surface area contributed by atoms with Crippen LogP contribution in [0.25, 0.3) is 56.0 Å². The maximum atomic E-state index is 16.0. The Bertz CT molecular complexity index is 1820. The number of carbonyl (C=O) groups is 1. The number of anilines is 1. The minimum absolute atomic E-state index is 0.174. The fraction of sp³-hybridized carbons (Fsp3) is 0.148. The molecule has 0 aromatic carbocycles. The van der Waals surface area contributed by atoms with Crippen molar-refractivity contribution < 1.29 is 9.18 Å². The average Bonchev–Trinajstić information content (AvgIpc) is 3.54. The van der Waals surface area contributed by atoms with Gasteiger partial charge in [0.05, 0.1) is 17.3 Å². The molecule has 3 N–H and O–H groups in total. The molecule has 11 heteroatoms. The second-order valence-electron chi connectivity index (χ2n) is 9.83. The Kier molecular flexibility index (Phi) is 5.41. The second-order valence-corrected chi connectivity index (χ2v) is 9.83. The van der Waals surface area contributed by atoms with E-state index in [4.69, 9.17) is 4.98 Å². The van der Waals surface area contributed by atoms with Crippen LogP contribution in [0.4, 0.5) is 10.1 Å². The summed E-state index contributed by atoms with van der Waals surface area (Å²) in [5.74, 6) is -0.364. The number of aromatic nitrogens is 8. The van der Waals surface area contributed by atoms with Gasteiger partial charge < -0.3 is 10.3 Å². The van der Waals surface area contributed by atoms with Crippen molar-refractivity contribution in [3.05, 3.63) is 67.3 Å². The zero-order valence-electron chi connectivity index (χ0n) is 20.7. The molecule has 6 aromatic rings. The van der Waals surface area contributed by atoms with E-state index in [1.165, 1.54) is 18.6 Å². The summed E-state index contributed by atoms with van der Waals surface area (Å²) in [6, 6.07) is 7.29. The molecule has 0 saturated heterocycles. The normalized spacial score (nSPS) is 11.8. The van der Waals surface area contributed by atoms with Crippen LogP contribution in [0.15, 0.2) is 61.4 Å². The molecule has 0 saturated carbocycles. The number of nitrogens with zero attached hydrogens (tertiary/aromatic N) is 6. The number of rotatable bonds is 4. The lowest BCUT2D eigenvalue weighted by atomic mass is 9.95. The number of imidazole rings is 1. The van der Waals surface area contributed by atoms with E-state index in [9.17, 15) is 4.79 Å². The van der Waals surface area contributed by atoms with Crippen molar-refractivity contribution in [1.29, 1.82) is 0 Å². The third-order valence-electron chi connectivity index (χ3n) is 6.11. The summed E-state index contributed by atoms with van der Waals surface area (Å²) in [5, 5.41) is 10.1. The Hall–Kier alpha value is -5.06. The van der Waals surface area contributed by atoms with E-state index < -0.39 is 11.2 Å². The molecular formula is C27H22FN9O. The standard InChI is InChI=1S/C27H22FN9O/c1-27(2,3)26(38)33-16-10-15(11-30-12-16)18-13-32-23-19(20(18)28)22(36-37-23)25-34-21-17(6-9-31-24(21)35-25)14-4-7-29-8-5-14/h4-13H,1-3H3,(H,33,38)(H,31,34,35)(H,32,36,37). The van der Waals surface area contributed by atoms with E-state index in [0.717, 1.165) is 11.1 Å². The molecule has 0 unspecified atom stereocenters. The van der Waals surface area contributed by atoms with Crippen LogP contribution < -0.4 is 5.32 Å². The van der Waals surface area contributed by atoms with Crippen LogP contribution in [0.1, 0.15) is 20.8 Å². The maximum absolute atomic E-state index is 16.0. The van der Waals surface area contributed by atoms with E-state index in [1.807, 2.05) is 39.0 Å². The largest absolute Gasteiger partial charge is 0.324 e. The molecule has 0 aliphatic rings. The summed E-state index contributed by atoms with van der Waals surface area (Å²) in [7, 11) is 0. The van der Waals surface area contributed by atoms with Gasteiger partial charge in [-0.3, -0.25) is 19.9 Å². The van der Waals surface area contributed by atoms with E-state index >= 15 is 4.39 Å². The summed E-state index contributed by atoms with van der Waals surface area (Å²) >= 11 is 0. The lowest BCUT2D eigenvalue weighted by molar-refractivity contribution is -0.123. The Morgan fingerprint density at radius 1 is 0.921 bits per heavy atom. The number of aromatic amines is 2. The number of fused-ring (bicyclic) bond motifs is 2. The topological polar surface area (TPSA) is 138 Å². The monoisotopic (exact) mass is 507 g/mol. The van der Waals surface area contributed by atoms with Crippen molar-refractivity contribution in [1.82, 2.24) is 40.1 Å². The van der Waals surface area contributed by atoms with E-state index in [1.54, 1.807) is 24.7 Å². The fourth-order valence-corrected chi connectivity index (χ4v) is 4.09. The molecule has 38 heavy (non-hydrogen) atoms. The third-order valence-corrected chi connectivity index (χ3v) is 6.11. The molecule has 1 amide bonds. The zero-order chi connectivity index (χ0) is 26.4. The van der Waals surface area contributed by atoms with Crippen molar-refractivity contribution in [2.45, 2.75) is 20.8 Å². The Labute approximate surface area is 215 Å². The van der Waals surface area contributed by atoms with Crippen molar-refractivity contribution >= 4 is 33.8 Å². The number of nitrogens with one attached hydrogen (secondary N) is 3. The van der Waals surface area contributed by atoms with E-state index in [-0.39, 0.29) is 28.2 Å². The average molecular weight is 508 g/mol. The fourth-order valence-electron chi connectivity index (χ4n) is 4.09. The van der Waals surface area contributed by atoms with Gasteiger partial charge in [0, 0.05) is 53.1 Å². The number of hydrogen-bond donors (Lipinski definition) is 3. The maximum Gasteiger partial charge on any atom is 0.229 e. The lowest BCUT2D eigenvalue weighted by Gasteiger charge is -2.17. The van der Waals surface area contributed by atoms with Crippen LogP contribution in [-0.4, -0.2) is 46.0 Å². The van der Waals surface area contributed by atoms with Gasteiger partial charge in [-0.05, 0) is 29.8 Å². The summed E-state index contributed by atoms with van der Waals surface area (Å²) in [4.78, 5) is 37.3. The molecule has 0 fully saturated rings. The number of H-pyrrole nitrogens is 2. The van der Waals surface area contributed by atoms with Crippen LogP contribution in [0, 0.1) is 11.2 Å². The molecule has 0 atom stereocenters. The predicted molar refractivity (Wildman–Crippen MR) is 141 cm³/mol. The van der Waals surface area contributed by atoms with Crippen molar-refractivity contribution in [3.63, 3.8) is 0 Å². The second kappa shape index (κ2) is 8.80. The number of pyridine rings is 4. The molecular weight excluding hydrogens is 485 g/mol. The minimum atomic E-state index is -0.591. The van der Waals surface area contributed by atoms with Gasteiger partial charge in [0.25, 0.3) is 0 Å². The Balaban J connectivity index is 1.44. The molecule has 0 bridgehead atoms. The molecule has 188 valence electrons. The Morgan fingerprint density at radius 2 is 1.74 bits per heavy atom. The molecule has 6 rings (SSSR count). The van der Waals surface area contributed by atoms with Gasteiger partial charge in [0.1, 0.15) is 17.0 Å². The summed E-state index contributed by atoms with van der Waals surface area (Å²) < 4.78 is 16.0. The number of hydrogen-bond acceptors (Lipinski definition) is 7. The van der Waals surface area contributed by atoms with E-state index in [2.05, 4.69) is 40.4 Å². The van der Waals surface area contributed by atoms with Crippen LogP contribution in [0.5, 0.6) is 0 Å². The first kappa shape index (κ1) is 23.3. The molecule has 0 spiro atoms. The highest BCUT2D eigenvalue weighted by atomic mass is 19.1. The Morgan fingerprint density at radius 3 is 2.53 bits per heavy atom. The van der Waals surface area contributed by atoms with Gasteiger partial charge in [-0.15, -0.1) is 0 Å². The molecule has 6 heterocycles. The van der Waals surface area contributed by atoms with E-state index in [0.29, 0.717) is 28.2 Å². The summed E-state index contributed by atoms with van der Waals surface area (Å²) in [6.45, 7) is 5.43. The summed E-state index contributed by atoms with van der Waals surface area (Å²) in [5.41, 5.74) is 4.05. The molecule has 0 aliphatic carbocycles. The van der Waals surface area contributed by atoms with Crippen LogP contribution in [0.3, 0.4) is 0 Å². The zero-order valence-corrected chi connectivity index (χ0v) is 20.7.